The SMILES string of the molecule is C/C=c1/cccc/c1=C(/C)O. The molecule has 0 aliphatic carbocycles. The predicted molar refractivity (Wildman–Crippen MR) is 47.5 cm³/mol. The van der Waals surface area contributed by atoms with Crippen molar-refractivity contribution >= 4 is 11.8 Å². The van der Waals surface area contributed by atoms with Crippen molar-refractivity contribution in [2.24, 2.45) is 0 Å². The first kappa shape index (κ1) is 7.86. The first-order chi connectivity index (χ1) is 5.25. The van der Waals surface area contributed by atoms with E-state index < -0.39 is 0 Å². The Hall–Kier alpha value is -1.24. The number of aliphatic hydroxyl groups is 1. The van der Waals surface area contributed by atoms with Gasteiger partial charge in [-0.2, -0.15) is 0 Å². The summed E-state index contributed by atoms with van der Waals surface area (Å²) in [7, 11) is 0. The van der Waals surface area contributed by atoms with Crippen LogP contribution in [0.4, 0.5) is 0 Å². The van der Waals surface area contributed by atoms with Gasteiger partial charge >= 0.3 is 0 Å². The topological polar surface area (TPSA) is 20.2 Å². The molecule has 0 aliphatic heterocycles. The van der Waals surface area contributed by atoms with Gasteiger partial charge in [-0.1, -0.05) is 30.3 Å². The first-order valence-corrected chi connectivity index (χ1v) is 3.67. The lowest BCUT2D eigenvalue weighted by molar-refractivity contribution is 0.498. The van der Waals surface area contributed by atoms with Crippen LogP contribution >= 0.6 is 0 Å². The van der Waals surface area contributed by atoms with Crippen molar-refractivity contribution in [1.29, 1.82) is 0 Å². The number of hydrogen-bond donors (Lipinski definition) is 1. The Bertz CT molecular complexity index is 345. The van der Waals surface area contributed by atoms with Gasteiger partial charge in [0, 0.05) is 5.22 Å². The van der Waals surface area contributed by atoms with Crippen LogP contribution in [0.3, 0.4) is 0 Å². The predicted octanol–water partition coefficient (Wildman–Crippen LogP) is 1.17. The van der Waals surface area contributed by atoms with Crippen LogP contribution in [0, 0.1) is 0 Å². The summed E-state index contributed by atoms with van der Waals surface area (Å²) in [5.41, 5.74) is 0. The highest BCUT2D eigenvalue weighted by atomic mass is 16.3. The van der Waals surface area contributed by atoms with Crippen LogP contribution in [0.1, 0.15) is 13.8 Å². The summed E-state index contributed by atoms with van der Waals surface area (Å²) in [5, 5.41) is 11.2. The lowest BCUT2D eigenvalue weighted by Crippen LogP contribution is -2.25. The molecule has 1 heteroatoms. The van der Waals surface area contributed by atoms with Crippen molar-refractivity contribution in [1.82, 2.24) is 0 Å². The Balaban J connectivity index is 3.64. The molecule has 0 atom stereocenters. The molecule has 0 saturated carbocycles. The van der Waals surface area contributed by atoms with Crippen LogP contribution in [0.5, 0.6) is 0 Å². The highest BCUT2D eigenvalue weighted by molar-refractivity contribution is 5.35. The molecule has 0 heterocycles. The summed E-state index contributed by atoms with van der Waals surface area (Å²) in [6.45, 7) is 3.66. The van der Waals surface area contributed by atoms with E-state index in [-0.39, 0.29) is 0 Å². The van der Waals surface area contributed by atoms with Gasteiger partial charge in [0.05, 0.1) is 5.76 Å². The summed E-state index contributed by atoms with van der Waals surface area (Å²) >= 11 is 0. The van der Waals surface area contributed by atoms with Gasteiger partial charge in [-0.25, -0.2) is 0 Å². The fourth-order valence-electron chi connectivity index (χ4n) is 1.08. The van der Waals surface area contributed by atoms with E-state index in [1.165, 1.54) is 0 Å². The van der Waals surface area contributed by atoms with Crippen LogP contribution in [0.25, 0.3) is 11.8 Å². The van der Waals surface area contributed by atoms with E-state index in [0.29, 0.717) is 5.76 Å². The molecular weight excluding hydrogens is 136 g/mol. The summed E-state index contributed by atoms with van der Waals surface area (Å²) < 4.78 is 0. The largest absolute Gasteiger partial charge is 0.512 e. The van der Waals surface area contributed by atoms with Crippen LogP contribution in [0.15, 0.2) is 24.3 Å². The minimum atomic E-state index is 0.374. The molecule has 1 N–H and O–H groups in total. The number of rotatable bonds is 0. The van der Waals surface area contributed by atoms with Crippen LogP contribution in [-0.4, -0.2) is 5.11 Å². The maximum absolute atomic E-state index is 9.23. The molecule has 0 unspecified atom stereocenters. The van der Waals surface area contributed by atoms with Crippen molar-refractivity contribution < 1.29 is 5.11 Å². The fourth-order valence-corrected chi connectivity index (χ4v) is 1.08. The second kappa shape index (κ2) is 3.24. The Morgan fingerprint density at radius 2 is 2.00 bits per heavy atom. The smallest absolute Gasteiger partial charge is 0.0969 e. The number of hydrogen-bond acceptors (Lipinski definition) is 1. The van der Waals surface area contributed by atoms with Gasteiger partial charge in [0.2, 0.25) is 0 Å². The fraction of sp³-hybridized carbons (Fsp3) is 0.200. The quantitative estimate of drug-likeness (QED) is 0.585. The van der Waals surface area contributed by atoms with E-state index in [4.69, 9.17) is 0 Å². The zero-order valence-corrected chi connectivity index (χ0v) is 6.83. The third-order valence-electron chi connectivity index (χ3n) is 1.66. The third-order valence-corrected chi connectivity index (χ3v) is 1.66. The molecular formula is C10H12O. The van der Waals surface area contributed by atoms with Crippen molar-refractivity contribution in [2.75, 3.05) is 0 Å². The van der Waals surface area contributed by atoms with Crippen molar-refractivity contribution in [3.05, 3.63) is 34.7 Å². The molecule has 1 rings (SSSR count). The summed E-state index contributed by atoms with van der Waals surface area (Å²) in [4.78, 5) is 0. The van der Waals surface area contributed by atoms with Crippen LogP contribution < -0.4 is 10.4 Å². The molecule has 11 heavy (non-hydrogen) atoms. The number of aliphatic hydroxyl groups excluding tert-OH is 1. The van der Waals surface area contributed by atoms with Gasteiger partial charge in [-0.15, -0.1) is 0 Å². The summed E-state index contributed by atoms with van der Waals surface area (Å²) in [5.74, 6) is 0.374. The van der Waals surface area contributed by atoms with Gasteiger partial charge in [0.1, 0.15) is 0 Å². The lowest BCUT2D eigenvalue weighted by Gasteiger charge is -1.90. The summed E-state index contributed by atoms with van der Waals surface area (Å²) in [6, 6.07) is 7.77. The van der Waals surface area contributed by atoms with E-state index in [0.717, 1.165) is 10.4 Å². The second-order valence-electron chi connectivity index (χ2n) is 2.46. The van der Waals surface area contributed by atoms with Gasteiger partial charge < -0.3 is 5.11 Å². The maximum atomic E-state index is 9.23. The van der Waals surface area contributed by atoms with E-state index >= 15 is 0 Å². The van der Waals surface area contributed by atoms with Gasteiger partial charge in [0.25, 0.3) is 0 Å². The van der Waals surface area contributed by atoms with Gasteiger partial charge in [-0.3, -0.25) is 0 Å². The molecule has 0 amide bonds. The Morgan fingerprint density at radius 1 is 1.36 bits per heavy atom. The van der Waals surface area contributed by atoms with E-state index in [9.17, 15) is 5.11 Å². The van der Waals surface area contributed by atoms with Crippen LogP contribution in [-0.2, 0) is 0 Å². The molecule has 1 aromatic rings. The Labute approximate surface area is 66.3 Å². The average molecular weight is 148 g/mol. The minimum Gasteiger partial charge on any atom is -0.512 e. The Kier molecular flexibility index (Phi) is 2.32. The van der Waals surface area contributed by atoms with E-state index in [1.807, 2.05) is 37.3 Å². The molecule has 0 aliphatic rings. The Morgan fingerprint density at radius 3 is 2.45 bits per heavy atom. The number of benzene rings is 1. The molecule has 0 aromatic heterocycles. The molecule has 0 radical (unpaired) electrons. The standard InChI is InChI=1S/C10H12O/c1-3-9-6-4-5-7-10(9)8(2)11/h3-7,11H,1-2H3/b9-3-,10-8+. The third kappa shape index (κ3) is 1.61. The average Bonchev–Trinajstić information content (AvgIpc) is 2.04. The van der Waals surface area contributed by atoms with E-state index in [2.05, 4.69) is 0 Å². The van der Waals surface area contributed by atoms with Crippen molar-refractivity contribution in [3.63, 3.8) is 0 Å². The molecule has 0 saturated heterocycles. The maximum Gasteiger partial charge on any atom is 0.0969 e. The molecule has 1 aromatic carbocycles. The molecule has 1 nitrogen and oxygen atoms in total. The second-order valence-corrected chi connectivity index (χ2v) is 2.46. The zero-order valence-electron chi connectivity index (χ0n) is 6.83. The monoisotopic (exact) mass is 148 g/mol. The van der Waals surface area contributed by atoms with Gasteiger partial charge in [0.15, 0.2) is 0 Å². The normalized spacial score (nSPS) is 14.9. The molecule has 0 bridgehead atoms. The highest BCUT2D eigenvalue weighted by Crippen LogP contribution is 1.78. The summed E-state index contributed by atoms with van der Waals surface area (Å²) in [6.07, 6.45) is 1.98. The molecule has 0 spiro atoms. The molecule has 0 fully saturated rings. The van der Waals surface area contributed by atoms with Gasteiger partial charge in [-0.05, 0) is 19.1 Å². The van der Waals surface area contributed by atoms with Crippen molar-refractivity contribution in [3.8, 4) is 0 Å². The van der Waals surface area contributed by atoms with E-state index in [1.54, 1.807) is 6.92 Å². The first-order valence-electron chi connectivity index (χ1n) is 3.67. The highest BCUT2D eigenvalue weighted by Gasteiger charge is 1.85. The lowest BCUT2D eigenvalue weighted by atomic mass is 10.2. The zero-order chi connectivity index (χ0) is 8.27. The van der Waals surface area contributed by atoms with Crippen LogP contribution in [0.2, 0.25) is 0 Å². The molecule has 58 valence electrons. The minimum absolute atomic E-state index is 0.374. The van der Waals surface area contributed by atoms with Crippen molar-refractivity contribution in [2.45, 2.75) is 13.8 Å².